The highest BCUT2D eigenvalue weighted by Gasteiger charge is 2.18. The number of urea groups is 1. The van der Waals surface area contributed by atoms with Crippen molar-refractivity contribution in [2.75, 3.05) is 0 Å². The zero-order valence-corrected chi connectivity index (χ0v) is 13.4. The summed E-state index contributed by atoms with van der Waals surface area (Å²) in [5.41, 5.74) is 4.18. The van der Waals surface area contributed by atoms with Crippen LogP contribution in [-0.4, -0.2) is 6.03 Å². The fraction of sp³-hybridized carbons (Fsp3) is 0.526. The zero-order chi connectivity index (χ0) is 15.4. The third kappa shape index (κ3) is 3.90. The first-order valence-corrected chi connectivity index (χ1v) is 8.61. The standard InChI is InChI=1S/C19H26N2O/c1-2-18(21-19(22)20-12-11-14-7-8-14)17-10-9-15-5-3-4-6-16(15)13-17/h9-14,18H,2-8H2,1H3,(H2,20,21,22)/b12-11+. The molecular weight excluding hydrogens is 272 g/mol. The molecule has 0 aromatic heterocycles. The number of allylic oxidation sites excluding steroid dienone is 1. The van der Waals surface area contributed by atoms with Crippen molar-refractivity contribution in [2.45, 2.75) is 57.9 Å². The van der Waals surface area contributed by atoms with Gasteiger partial charge in [-0.05, 0) is 67.6 Å². The number of hydrogen-bond donors (Lipinski definition) is 2. The Hall–Kier alpha value is -1.77. The van der Waals surface area contributed by atoms with Gasteiger partial charge >= 0.3 is 6.03 Å². The number of fused-ring (bicyclic) bond motifs is 1. The summed E-state index contributed by atoms with van der Waals surface area (Å²) in [6, 6.07) is 6.70. The largest absolute Gasteiger partial charge is 0.331 e. The average Bonchev–Trinajstić information content (AvgIpc) is 3.36. The van der Waals surface area contributed by atoms with Gasteiger partial charge < -0.3 is 10.6 Å². The summed E-state index contributed by atoms with van der Waals surface area (Å²) >= 11 is 0. The van der Waals surface area contributed by atoms with Gasteiger partial charge in [-0.15, -0.1) is 0 Å². The lowest BCUT2D eigenvalue weighted by molar-refractivity contribution is 0.240. The van der Waals surface area contributed by atoms with Gasteiger partial charge in [0.25, 0.3) is 0 Å². The molecular formula is C19H26N2O. The van der Waals surface area contributed by atoms with Crippen LogP contribution in [0.2, 0.25) is 0 Å². The van der Waals surface area contributed by atoms with Gasteiger partial charge in [-0.1, -0.05) is 31.2 Å². The summed E-state index contributed by atoms with van der Waals surface area (Å²) in [7, 11) is 0. The molecule has 2 aliphatic rings. The smallest absolute Gasteiger partial charge is 0.319 e. The molecule has 3 heteroatoms. The average molecular weight is 298 g/mol. The molecule has 2 amide bonds. The summed E-state index contributed by atoms with van der Waals surface area (Å²) < 4.78 is 0. The van der Waals surface area contributed by atoms with Crippen molar-refractivity contribution in [3.63, 3.8) is 0 Å². The van der Waals surface area contributed by atoms with E-state index in [-0.39, 0.29) is 12.1 Å². The maximum Gasteiger partial charge on any atom is 0.319 e. The van der Waals surface area contributed by atoms with Crippen molar-refractivity contribution >= 4 is 6.03 Å². The molecule has 3 nitrogen and oxygen atoms in total. The molecule has 0 saturated heterocycles. The molecule has 2 N–H and O–H groups in total. The van der Waals surface area contributed by atoms with E-state index < -0.39 is 0 Å². The molecule has 1 saturated carbocycles. The first-order valence-electron chi connectivity index (χ1n) is 8.61. The molecule has 0 heterocycles. The lowest BCUT2D eigenvalue weighted by Crippen LogP contribution is -2.35. The molecule has 1 aromatic carbocycles. The van der Waals surface area contributed by atoms with Gasteiger partial charge in [-0.2, -0.15) is 0 Å². The van der Waals surface area contributed by atoms with Crippen LogP contribution in [-0.2, 0) is 12.8 Å². The van der Waals surface area contributed by atoms with Crippen molar-refractivity contribution < 1.29 is 4.79 Å². The number of hydrogen-bond acceptors (Lipinski definition) is 1. The number of amides is 2. The molecule has 118 valence electrons. The summed E-state index contributed by atoms with van der Waals surface area (Å²) in [4.78, 5) is 12.0. The molecule has 0 aliphatic heterocycles. The first-order chi connectivity index (χ1) is 10.8. The van der Waals surface area contributed by atoms with E-state index in [1.54, 1.807) is 6.20 Å². The molecule has 0 spiro atoms. The van der Waals surface area contributed by atoms with Crippen LogP contribution in [0.4, 0.5) is 4.79 Å². The summed E-state index contributed by atoms with van der Waals surface area (Å²) in [6.45, 7) is 2.12. The van der Waals surface area contributed by atoms with Crippen molar-refractivity contribution in [1.29, 1.82) is 0 Å². The molecule has 2 aliphatic carbocycles. The number of rotatable bonds is 5. The van der Waals surface area contributed by atoms with E-state index in [0.29, 0.717) is 5.92 Å². The Labute approximate surface area is 133 Å². The van der Waals surface area contributed by atoms with Crippen molar-refractivity contribution in [2.24, 2.45) is 5.92 Å². The number of aryl methyl sites for hydroxylation is 2. The Morgan fingerprint density at radius 3 is 2.77 bits per heavy atom. The Balaban J connectivity index is 1.61. The van der Waals surface area contributed by atoms with Gasteiger partial charge in [0, 0.05) is 6.20 Å². The SMILES string of the molecule is CCC(NC(=O)N/C=C/C1CC1)c1ccc2c(c1)CCCC2. The maximum absolute atomic E-state index is 12.0. The molecule has 1 atom stereocenters. The van der Waals surface area contributed by atoms with Gasteiger partial charge in [0.1, 0.15) is 0 Å². The van der Waals surface area contributed by atoms with Crippen LogP contribution in [0.25, 0.3) is 0 Å². The highest BCUT2D eigenvalue weighted by atomic mass is 16.2. The number of benzene rings is 1. The molecule has 22 heavy (non-hydrogen) atoms. The lowest BCUT2D eigenvalue weighted by Gasteiger charge is -2.21. The van der Waals surface area contributed by atoms with Crippen LogP contribution < -0.4 is 10.6 Å². The van der Waals surface area contributed by atoms with Gasteiger partial charge in [0.05, 0.1) is 6.04 Å². The van der Waals surface area contributed by atoms with Gasteiger partial charge in [0.15, 0.2) is 0 Å². The predicted octanol–water partition coefficient (Wildman–Crippen LogP) is 4.24. The quantitative estimate of drug-likeness (QED) is 0.838. The van der Waals surface area contributed by atoms with Crippen molar-refractivity contribution in [3.05, 3.63) is 47.2 Å². The topological polar surface area (TPSA) is 41.1 Å². The fourth-order valence-corrected chi connectivity index (χ4v) is 3.14. The third-order valence-electron chi connectivity index (χ3n) is 4.69. The molecule has 1 fully saturated rings. The minimum absolute atomic E-state index is 0.0848. The monoisotopic (exact) mass is 298 g/mol. The molecule has 1 aromatic rings. The van der Waals surface area contributed by atoms with E-state index in [0.717, 1.165) is 6.42 Å². The normalized spacial score (nSPS) is 18.8. The second kappa shape index (κ2) is 6.99. The first kappa shape index (κ1) is 15.1. The molecule has 0 bridgehead atoms. The van der Waals surface area contributed by atoms with Gasteiger partial charge in [-0.3, -0.25) is 0 Å². The summed E-state index contributed by atoms with van der Waals surface area (Å²) in [6.07, 6.45) is 12.2. The Morgan fingerprint density at radius 1 is 1.27 bits per heavy atom. The van der Waals surface area contributed by atoms with E-state index in [1.807, 2.05) is 0 Å². The molecule has 3 rings (SSSR count). The maximum atomic E-state index is 12.0. The van der Waals surface area contributed by atoms with Crippen molar-refractivity contribution in [1.82, 2.24) is 10.6 Å². The summed E-state index contributed by atoms with van der Waals surface area (Å²) in [5, 5.41) is 5.90. The second-order valence-electron chi connectivity index (χ2n) is 6.51. The number of carbonyl (C=O) groups excluding carboxylic acids is 1. The summed E-state index contributed by atoms with van der Waals surface area (Å²) in [5.74, 6) is 0.683. The van der Waals surface area contributed by atoms with Crippen LogP contribution in [0.5, 0.6) is 0 Å². The Morgan fingerprint density at radius 2 is 2.05 bits per heavy atom. The van der Waals surface area contributed by atoms with Gasteiger partial charge in [-0.25, -0.2) is 4.79 Å². The fourth-order valence-electron chi connectivity index (χ4n) is 3.14. The van der Waals surface area contributed by atoms with Crippen LogP contribution >= 0.6 is 0 Å². The highest BCUT2D eigenvalue weighted by Crippen LogP contribution is 2.29. The zero-order valence-electron chi connectivity index (χ0n) is 13.4. The van der Waals surface area contributed by atoms with E-state index in [4.69, 9.17) is 0 Å². The second-order valence-corrected chi connectivity index (χ2v) is 6.51. The minimum atomic E-state index is -0.110. The van der Waals surface area contributed by atoms with E-state index in [2.05, 4.69) is 41.8 Å². The lowest BCUT2D eigenvalue weighted by atomic mass is 9.89. The van der Waals surface area contributed by atoms with Gasteiger partial charge in [0.2, 0.25) is 0 Å². The van der Waals surface area contributed by atoms with E-state index >= 15 is 0 Å². The van der Waals surface area contributed by atoms with Crippen LogP contribution in [0.15, 0.2) is 30.5 Å². The van der Waals surface area contributed by atoms with E-state index in [9.17, 15) is 4.79 Å². The third-order valence-corrected chi connectivity index (χ3v) is 4.69. The van der Waals surface area contributed by atoms with Crippen molar-refractivity contribution in [3.8, 4) is 0 Å². The minimum Gasteiger partial charge on any atom is -0.331 e. The van der Waals surface area contributed by atoms with Crippen LogP contribution in [0.3, 0.4) is 0 Å². The highest BCUT2D eigenvalue weighted by molar-refractivity contribution is 5.75. The predicted molar refractivity (Wildman–Crippen MR) is 89.6 cm³/mol. The Kier molecular flexibility index (Phi) is 4.81. The van der Waals surface area contributed by atoms with Crippen LogP contribution in [0.1, 0.15) is 61.8 Å². The number of nitrogens with one attached hydrogen (secondary N) is 2. The molecule has 0 radical (unpaired) electrons. The molecule has 1 unspecified atom stereocenters. The Bertz CT molecular complexity index is 561. The van der Waals surface area contributed by atoms with Crippen LogP contribution in [0, 0.1) is 5.92 Å². The number of carbonyl (C=O) groups is 1. The van der Waals surface area contributed by atoms with E-state index in [1.165, 1.54) is 55.2 Å².